The molecule has 0 spiro atoms. The van der Waals surface area contributed by atoms with Gasteiger partial charge in [-0.25, -0.2) is 0 Å². The summed E-state index contributed by atoms with van der Waals surface area (Å²) in [6.45, 7) is 9.47. The van der Waals surface area contributed by atoms with Gasteiger partial charge >= 0.3 is 0 Å². The topological polar surface area (TPSA) is 12.0 Å². The second kappa shape index (κ2) is 4.85. The second-order valence-corrected chi connectivity index (χ2v) is 3.50. The Kier molecular flexibility index (Phi) is 3.75. The summed E-state index contributed by atoms with van der Waals surface area (Å²) in [5.41, 5.74) is 5.25. The Hall–Kier alpha value is -1.24. The maximum atomic E-state index is 3.39. The van der Waals surface area contributed by atoms with Gasteiger partial charge in [0.2, 0.25) is 0 Å². The van der Waals surface area contributed by atoms with Gasteiger partial charge in [-0.2, -0.15) is 0 Å². The molecule has 76 valence electrons. The normalized spacial score (nSPS) is 11.6. The summed E-state index contributed by atoms with van der Waals surface area (Å²) in [6.07, 6.45) is 2.14. The van der Waals surface area contributed by atoms with E-state index >= 15 is 0 Å². The molecule has 0 aliphatic rings. The van der Waals surface area contributed by atoms with Crippen molar-refractivity contribution < 1.29 is 0 Å². The van der Waals surface area contributed by atoms with Gasteiger partial charge in [-0.1, -0.05) is 24.3 Å². The number of nitrogens with one attached hydrogen (secondary N) is 1. The van der Waals surface area contributed by atoms with Gasteiger partial charge in [-0.15, -0.1) is 0 Å². The summed E-state index contributed by atoms with van der Waals surface area (Å²) < 4.78 is 0. The Labute approximate surface area is 86.8 Å². The monoisotopic (exact) mass is 189 g/mol. The number of benzene rings is 1. The molecular formula is C13H19N. The number of aryl methyl sites for hydroxylation is 2. The zero-order chi connectivity index (χ0) is 10.6. The molecule has 0 aliphatic heterocycles. The SMILES string of the molecule is C/C=C(\NCC)c1c(C)cccc1C. The molecule has 1 nitrogen and oxygen atoms in total. The molecule has 1 N–H and O–H groups in total. The highest BCUT2D eigenvalue weighted by Crippen LogP contribution is 2.20. The van der Waals surface area contributed by atoms with Gasteiger partial charge in [0, 0.05) is 17.8 Å². The van der Waals surface area contributed by atoms with Crippen molar-refractivity contribution >= 4 is 5.70 Å². The lowest BCUT2D eigenvalue weighted by Gasteiger charge is -2.14. The molecule has 14 heavy (non-hydrogen) atoms. The van der Waals surface area contributed by atoms with Crippen LogP contribution >= 0.6 is 0 Å². The Morgan fingerprint density at radius 2 is 1.86 bits per heavy atom. The third kappa shape index (κ3) is 2.16. The maximum Gasteiger partial charge on any atom is 0.0375 e. The van der Waals surface area contributed by atoms with Gasteiger partial charge in [0.25, 0.3) is 0 Å². The molecule has 0 unspecified atom stereocenters. The van der Waals surface area contributed by atoms with Crippen molar-refractivity contribution in [1.29, 1.82) is 0 Å². The van der Waals surface area contributed by atoms with Crippen molar-refractivity contribution in [1.82, 2.24) is 5.32 Å². The van der Waals surface area contributed by atoms with Crippen LogP contribution in [0.15, 0.2) is 24.3 Å². The third-order valence-corrected chi connectivity index (χ3v) is 2.41. The van der Waals surface area contributed by atoms with Crippen LogP contribution in [-0.4, -0.2) is 6.54 Å². The standard InChI is InChI=1S/C13H19N/c1-5-12(14-6-2)13-10(3)8-7-9-11(13)4/h5,7-9,14H,6H2,1-4H3/b12-5-. The fourth-order valence-electron chi connectivity index (χ4n) is 1.76. The second-order valence-electron chi connectivity index (χ2n) is 3.50. The zero-order valence-corrected chi connectivity index (χ0v) is 9.52. The van der Waals surface area contributed by atoms with Crippen molar-refractivity contribution in [2.75, 3.05) is 6.54 Å². The number of rotatable bonds is 3. The highest BCUT2D eigenvalue weighted by Gasteiger charge is 2.05. The molecule has 0 heterocycles. The zero-order valence-electron chi connectivity index (χ0n) is 9.52. The molecule has 0 aliphatic carbocycles. The summed E-state index contributed by atoms with van der Waals surface area (Å²) >= 11 is 0. The van der Waals surface area contributed by atoms with Crippen LogP contribution in [0.5, 0.6) is 0 Å². The minimum atomic E-state index is 0.966. The van der Waals surface area contributed by atoms with Crippen LogP contribution in [0, 0.1) is 13.8 Å². The van der Waals surface area contributed by atoms with E-state index in [9.17, 15) is 0 Å². The largest absolute Gasteiger partial charge is 0.385 e. The summed E-state index contributed by atoms with van der Waals surface area (Å²) in [6, 6.07) is 6.42. The molecule has 0 saturated carbocycles. The fourth-order valence-corrected chi connectivity index (χ4v) is 1.76. The van der Waals surface area contributed by atoms with Crippen molar-refractivity contribution in [3.8, 4) is 0 Å². The molecule has 0 aromatic heterocycles. The van der Waals surface area contributed by atoms with E-state index in [0.717, 1.165) is 6.54 Å². The molecule has 0 radical (unpaired) electrons. The minimum Gasteiger partial charge on any atom is -0.385 e. The van der Waals surface area contributed by atoms with E-state index in [1.54, 1.807) is 0 Å². The lowest BCUT2D eigenvalue weighted by Crippen LogP contribution is -2.12. The predicted molar refractivity (Wildman–Crippen MR) is 63.2 cm³/mol. The van der Waals surface area contributed by atoms with E-state index in [2.05, 4.69) is 57.3 Å². The quantitative estimate of drug-likeness (QED) is 0.769. The minimum absolute atomic E-state index is 0.966. The van der Waals surface area contributed by atoms with Crippen LogP contribution in [0.25, 0.3) is 5.70 Å². The van der Waals surface area contributed by atoms with Gasteiger partial charge in [0.15, 0.2) is 0 Å². The Balaban J connectivity index is 3.16. The van der Waals surface area contributed by atoms with E-state index in [-0.39, 0.29) is 0 Å². The summed E-state index contributed by atoms with van der Waals surface area (Å²) in [5, 5.41) is 3.39. The Morgan fingerprint density at radius 1 is 1.29 bits per heavy atom. The van der Waals surface area contributed by atoms with Crippen LogP contribution < -0.4 is 5.32 Å². The van der Waals surface area contributed by atoms with Crippen LogP contribution in [0.4, 0.5) is 0 Å². The van der Waals surface area contributed by atoms with E-state index in [1.165, 1.54) is 22.4 Å². The fraction of sp³-hybridized carbons (Fsp3) is 0.385. The number of hydrogen-bond acceptors (Lipinski definition) is 1. The summed E-state index contributed by atoms with van der Waals surface area (Å²) in [7, 11) is 0. The Morgan fingerprint density at radius 3 is 2.29 bits per heavy atom. The first-order chi connectivity index (χ1) is 6.70. The first-order valence-electron chi connectivity index (χ1n) is 5.17. The predicted octanol–water partition coefficient (Wildman–Crippen LogP) is 3.27. The molecule has 1 heteroatoms. The molecule has 0 atom stereocenters. The van der Waals surface area contributed by atoms with Gasteiger partial charge in [-0.3, -0.25) is 0 Å². The summed E-state index contributed by atoms with van der Waals surface area (Å²) in [4.78, 5) is 0. The molecule has 1 aromatic rings. The molecule has 0 saturated heterocycles. The molecule has 0 amide bonds. The molecular weight excluding hydrogens is 170 g/mol. The van der Waals surface area contributed by atoms with Gasteiger partial charge in [0.05, 0.1) is 0 Å². The third-order valence-electron chi connectivity index (χ3n) is 2.41. The van der Waals surface area contributed by atoms with Gasteiger partial charge < -0.3 is 5.32 Å². The number of hydrogen-bond donors (Lipinski definition) is 1. The van der Waals surface area contributed by atoms with Crippen LogP contribution in [-0.2, 0) is 0 Å². The van der Waals surface area contributed by atoms with Crippen LogP contribution in [0.1, 0.15) is 30.5 Å². The Bertz CT molecular complexity index is 317. The lowest BCUT2D eigenvalue weighted by molar-refractivity contribution is 0.934. The smallest absolute Gasteiger partial charge is 0.0375 e. The van der Waals surface area contributed by atoms with E-state index in [0.29, 0.717) is 0 Å². The average Bonchev–Trinajstić information content (AvgIpc) is 2.16. The van der Waals surface area contributed by atoms with Crippen molar-refractivity contribution in [3.05, 3.63) is 41.0 Å². The number of allylic oxidation sites excluding steroid dienone is 1. The average molecular weight is 189 g/mol. The van der Waals surface area contributed by atoms with Crippen molar-refractivity contribution in [2.24, 2.45) is 0 Å². The van der Waals surface area contributed by atoms with E-state index < -0.39 is 0 Å². The molecule has 1 rings (SSSR count). The van der Waals surface area contributed by atoms with E-state index in [1.807, 2.05) is 0 Å². The highest BCUT2D eigenvalue weighted by atomic mass is 14.9. The van der Waals surface area contributed by atoms with Crippen molar-refractivity contribution in [3.63, 3.8) is 0 Å². The highest BCUT2D eigenvalue weighted by molar-refractivity contribution is 5.69. The maximum absolute atomic E-state index is 3.39. The van der Waals surface area contributed by atoms with Crippen LogP contribution in [0.2, 0.25) is 0 Å². The summed E-state index contributed by atoms with van der Waals surface area (Å²) in [5.74, 6) is 0. The van der Waals surface area contributed by atoms with Gasteiger partial charge in [-0.05, 0) is 38.8 Å². The van der Waals surface area contributed by atoms with Crippen molar-refractivity contribution in [2.45, 2.75) is 27.7 Å². The van der Waals surface area contributed by atoms with Crippen LogP contribution in [0.3, 0.4) is 0 Å². The molecule has 1 aromatic carbocycles. The first kappa shape index (κ1) is 10.8. The first-order valence-corrected chi connectivity index (χ1v) is 5.17. The van der Waals surface area contributed by atoms with E-state index in [4.69, 9.17) is 0 Å². The van der Waals surface area contributed by atoms with Gasteiger partial charge in [0.1, 0.15) is 0 Å². The molecule has 0 bridgehead atoms. The molecule has 0 fully saturated rings. The lowest BCUT2D eigenvalue weighted by atomic mass is 10.00.